The van der Waals surface area contributed by atoms with Gasteiger partial charge in [-0.25, -0.2) is 17.6 Å². The Bertz CT molecular complexity index is 1140. The lowest BCUT2D eigenvalue weighted by Gasteiger charge is -2.44. The van der Waals surface area contributed by atoms with Crippen LogP contribution in [0.3, 0.4) is 0 Å². The molecule has 178 valence electrons. The van der Waals surface area contributed by atoms with E-state index in [0.29, 0.717) is 16.9 Å². The predicted molar refractivity (Wildman–Crippen MR) is 128 cm³/mol. The van der Waals surface area contributed by atoms with Crippen LogP contribution in [0, 0.1) is 34.6 Å². The van der Waals surface area contributed by atoms with Crippen LogP contribution < -0.4 is 0 Å². The summed E-state index contributed by atoms with van der Waals surface area (Å²) in [5.74, 6) is -3.36. The van der Waals surface area contributed by atoms with Gasteiger partial charge in [0.15, 0.2) is 17.5 Å². The molecule has 0 bridgehead atoms. The Balaban J connectivity index is 1.29. The third-order valence-electron chi connectivity index (χ3n) is 8.36. The van der Waals surface area contributed by atoms with Crippen LogP contribution in [-0.2, 0) is 0 Å². The summed E-state index contributed by atoms with van der Waals surface area (Å²) in [5.41, 5.74) is 3.51. The van der Waals surface area contributed by atoms with Gasteiger partial charge in [0.2, 0.25) is 0 Å². The molecular weight excluding hydrogens is 436 g/mol. The zero-order valence-electron chi connectivity index (χ0n) is 19.5. The second-order valence-corrected chi connectivity index (χ2v) is 10.5. The van der Waals surface area contributed by atoms with Crippen LogP contribution in [0.1, 0.15) is 69.8 Å². The highest BCUT2D eigenvalue weighted by Gasteiger charge is 2.37. The Hall–Kier alpha value is -2.62. The number of rotatable bonds is 3. The van der Waals surface area contributed by atoms with Crippen LogP contribution in [0.4, 0.5) is 17.6 Å². The Morgan fingerprint density at radius 1 is 0.618 bits per heavy atom. The molecule has 0 nitrogen and oxygen atoms in total. The summed E-state index contributed by atoms with van der Waals surface area (Å²) in [7, 11) is 0. The Kier molecular flexibility index (Phi) is 6.26. The van der Waals surface area contributed by atoms with Gasteiger partial charge < -0.3 is 0 Å². The maximum absolute atomic E-state index is 14.8. The molecule has 2 fully saturated rings. The molecule has 0 N–H and O–H groups in total. The van der Waals surface area contributed by atoms with Crippen molar-refractivity contribution in [3.63, 3.8) is 0 Å². The van der Waals surface area contributed by atoms with Crippen molar-refractivity contribution in [3.05, 3.63) is 83.4 Å². The molecule has 5 rings (SSSR count). The van der Waals surface area contributed by atoms with Crippen LogP contribution in [0.2, 0.25) is 0 Å². The molecule has 3 aromatic carbocycles. The molecule has 0 radical (unpaired) electrons. The fourth-order valence-electron chi connectivity index (χ4n) is 6.03. The molecule has 2 aliphatic rings. The van der Waals surface area contributed by atoms with E-state index in [1.54, 1.807) is 6.07 Å². The van der Waals surface area contributed by atoms with Gasteiger partial charge in [0, 0.05) is 5.56 Å². The van der Waals surface area contributed by atoms with E-state index in [0.717, 1.165) is 23.6 Å². The van der Waals surface area contributed by atoms with Crippen molar-refractivity contribution in [2.75, 3.05) is 0 Å². The first-order valence-corrected chi connectivity index (χ1v) is 12.4. The minimum absolute atomic E-state index is 0.0294. The van der Waals surface area contributed by atoms with Crippen LogP contribution in [-0.4, -0.2) is 0 Å². The van der Waals surface area contributed by atoms with E-state index < -0.39 is 23.3 Å². The van der Waals surface area contributed by atoms with E-state index in [1.807, 2.05) is 12.1 Å². The zero-order valence-corrected chi connectivity index (χ0v) is 19.5. The Labute approximate surface area is 199 Å². The average molecular weight is 467 g/mol. The van der Waals surface area contributed by atoms with E-state index in [1.165, 1.54) is 69.1 Å². The molecule has 0 aliphatic heterocycles. The SMILES string of the molecule is CC1CCC2(CC1)CCC(c1ccc(-c3ccc(-c4cc(F)c(F)c(F)c4)c(F)c3)cc1)CC2. The zero-order chi connectivity index (χ0) is 23.9. The third kappa shape index (κ3) is 4.52. The third-order valence-corrected chi connectivity index (χ3v) is 8.36. The molecule has 1 spiro atoms. The average Bonchev–Trinajstić information content (AvgIpc) is 2.85. The van der Waals surface area contributed by atoms with Crippen molar-refractivity contribution in [2.45, 2.75) is 64.2 Å². The van der Waals surface area contributed by atoms with Gasteiger partial charge in [0.1, 0.15) is 5.82 Å². The van der Waals surface area contributed by atoms with Crippen molar-refractivity contribution < 1.29 is 17.6 Å². The van der Waals surface area contributed by atoms with Crippen LogP contribution in [0.15, 0.2) is 54.6 Å². The fraction of sp³-hybridized carbons (Fsp3) is 0.400. The molecule has 0 atom stereocenters. The van der Waals surface area contributed by atoms with Gasteiger partial charge in [-0.15, -0.1) is 0 Å². The van der Waals surface area contributed by atoms with Crippen molar-refractivity contribution in [2.24, 2.45) is 11.3 Å². The number of halogens is 4. The second-order valence-electron chi connectivity index (χ2n) is 10.5. The first-order valence-electron chi connectivity index (χ1n) is 12.4. The van der Waals surface area contributed by atoms with Crippen molar-refractivity contribution in [3.8, 4) is 22.3 Å². The summed E-state index contributed by atoms with van der Waals surface area (Å²) < 4.78 is 55.2. The molecule has 2 aliphatic carbocycles. The van der Waals surface area contributed by atoms with Gasteiger partial charge in [0.05, 0.1) is 0 Å². The van der Waals surface area contributed by atoms with Crippen LogP contribution in [0.5, 0.6) is 0 Å². The smallest absolute Gasteiger partial charge is 0.194 e. The summed E-state index contributed by atoms with van der Waals surface area (Å²) in [6.45, 7) is 2.38. The highest BCUT2D eigenvalue weighted by atomic mass is 19.2. The number of hydrogen-bond acceptors (Lipinski definition) is 0. The lowest BCUT2D eigenvalue weighted by Crippen LogP contribution is -2.31. The molecular formula is C30H30F4. The van der Waals surface area contributed by atoms with E-state index in [-0.39, 0.29) is 11.1 Å². The normalized spacial score (nSPS) is 25.0. The lowest BCUT2D eigenvalue weighted by molar-refractivity contribution is 0.0936. The van der Waals surface area contributed by atoms with Gasteiger partial charge in [-0.3, -0.25) is 0 Å². The lowest BCUT2D eigenvalue weighted by atomic mass is 9.61. The summed E-state index contributed by atoms with van der Waals surface area (Å²) in [6, 6.07) is 14.5. The van der Waals surface area contributed by atoms with E-state index in [4.69, 9.17) is 0 Å². The standard InChI is InChI=1S/C30H30F4/c1-19-8-12-30(13-9-19)14-10-22(11-15-30)20-2-4-21(5-3-20)23-6-7-25(26(31)16-23)24-17-27(32)29(34)28(33)18-24/h2-7,16-19,22H,8-15H2,1H3. The van der Waals surface area contributed by atoms with Gasteiger partial charge in [0.25, 0.3) is 0 Å². The minimum atomic E-state index is -1.55. The predicted octanol–water partition coefficient (Wildman–Crippen LogP) is 9.43. The number of hydrogen-bond donors (Lipinski definition) is 0. The first kappa shape index (κ1) is 23.1. The molecule has 0 unspecified atom stereocenters. The van der Waals surface area contributed by atoms with Gasteiger partial charge in [-0.1, -0.05) is 56.2 Å². The molecule has 0 heterocycles. The number of benzene rings is 3. The van der Waals surface area contributed by atoms with Crippen LogP contribution >= 0.6 is 0 Å². The van der Waals surface area contributed by atoms with Crippen molar-refractivity contribution in [1.82, 2.24) is 0 Å². The topological polar surface area (TPSA) is 0 Å². The molecule has 3 aromatic rings. The largest absolute Gasteiger partial charge is 0.206 e. The highest BCUT2D eigenvalue weighted by Crippen LogP contribution is 2.52. The van der Waals surface area contributed by atoms with Crippen molar-refractivity contribution >= 4 is 0 Å². The van der Waals surface area contributed by atoms with E-state index in [2.05, 4.69) is 19.1 Å². The summed E-state index contributed by atoms with van der Waals surface area (Å²) in [4.78, 5) is 0. The first-order chi connectivity index (χ1) is 16.3. The highest BCUT2D eigenvalue weighted by molar-refractivity contribution is 5.71. The van der Waals surface area contributed by atoms with E-state index >= 15 is 0 Å². The fourth-order valence-corrected chi connectivity index (χ4v) is 6.03. The molecule has 4 heteroatoms. The summed E-state index contributed by atoms with van der Waals surface area (Å²) >= 11 is 0. The second kappa shape index (κ2) is 9.20. The molecule has 0 saturated heterocycles. The molecule has 0 amide bonds. The molecule has 0 aromatic heterocycles. The Morgan fingerprint density at radius 2 is 1.15 bits per heavy atom. The van der Waals surface area contributed by atoms with Crippen LogP contribution in [0.25, 0.3) is 22.3 Å². The molecule has 34 heavy (non-hydrogen) atoms. The quantitative estimate of drug-likeness (QED) is 0.266. The van der Waals surface area contributed by atoms with Crippen molar-refractivity contribution in [1.29, 1.82) is 0 Å². The van der Waals surface area contributed by atoms with Gasteiger partial charge in [-0.2, -0.15) is 0 Å². The summed E-state index contributed by atoms with van der Waals surface area (Å²) in [6.07, 6.45) is 10.6. The summed E-state index contributed by atoms with van der Waals surface area (Å²) in [5, 5.41) is 0. The van der Waals surface area contributed by atoms with Gasteiger partial charge >= 0.3 is 0 Å². The maximum atomic E-state index is 14.8. The van der Waals surface area contributed by atoms with E-state index in [9.17, 15) is 17.6 Å². The Morgan fingerprint density at radius 3 is 1.74 bits per heavy atom. The minimum Gasteiger partial charge on any atom is -0.206 e. The monoisotopic (exact) mass is 466 g/mol. The molecule has 2 saturated carbocycles. The maximum Gasteiger partial charge on any atom is 0.194 e. The van der Waals surface area contributed by atoms with Gasteiger partial charge in [-0.05, 0) is 96.2 Å².